The molecule has 1 heterocycles. The zero-order valence-electron chi connectivity index (χ0n) is 12.3. The van der Waals surface area contributed by atoms with Crippen LogP contribution in [0.1, 0.15) is 35.5 Å². The minimum atomic E-state index is -0.690. The van der Waals surface area contributed by atoms with Gasteiger partial charge in [0.2, 0.25) is 0 Å². The molecule has 0 radical (unpaired) electrons. The molecular weight excluding hydrogens is 312 g/mol. The van der Waals surface area contributed by atoms with Crippen molar-refractivity contribution >= 4 is 34.3 Å². The summed E-state index contributed by atoms with van der Waals surface area (Å²) in [5.74, 6) is -1.87. The topological polar surface area (TPSA) is 97.0 Å². The van der Waals surface area contributed by atoms with Gasteiger partial charge in [0.15, 0.2) is 11.5 Å². The fraction of sp³-hybridized carbons (Fsp3) is 0.333. The Morgan fingerprint density at radius 3 is 2.45 bits per heavy atom. The van der Waals surface area contributed by atoms with Gasteiger partial charge < -0.3 is 19.4 Å². The van der Waals surface area contributed by atoms with E-state index in [2.05, 4.69) is 0 Å². The summed E-state index contributed by atoms with van der Waals surface area (Å²) in [5, 5.41) is 19.9. The van der Waals surface area contributed by atoms with Gasteiger partial charge in [-0.3, -0.25) is 4.79 Å². The quantitative estimate of drug-likeness (QED) is 0.662. The summed E-state index contributed by atoms with van der Waals surface area (Å²) in [6.45, 7) is 4.67. The summed E-state index contributed by atoms with van der Waals surface area (Å²) >= 11 is 5.99. The number of aromatic hydroxyl groups is 2. The van der Waals surface area contributed by atoms with E-state index in [1.54, 1.807) is 6.92 Å². The summed E-state index contributed by atoms with van der Waals surface area (Å²) in [5.41, 5.74) is 0.320. The van der Waals surface area contributed by atoms with Crippen molar-refractivity contribution in [1.29, 1.82) is 0 Å². The molecule has 2 N–H and O–H groups in total. The fourth-order valence-corrected chi connectivity index (χ4v) is 2.55. The van der Waals surface area contributed by atoms with E-state index < -0.39 is 17.5 Å². The number of esters is 1. The molecule has 0 aliphatic heterocycles. The SMILES string of the molecule is CCOC(=O)c1c(C)oc2c(CC(C)=O)c(Cl)c(O)c(O)c12. The molecule has 6 nitrogen and oxygen atoms in total. The van der Waals surface area contributed by atoms with Gasteiger partial charge >= 0.3 is 5.97 Å². The first-order valence-corrected chi connectivity index (χ1v) is 6.99. The van der Waals surface area contributed by atoms with Crippen LogP contribution in [0.5, 0.6) is 11.5 Å². The Hall–Kier alpha value is -2.21. The number of rotatable bonds is 4. The predicted molar refractivity (Wildman–Crippen MR) is 79.6 cm³/mol. The summed E-state index contributed by atoms with van der Waals surface area (Å²) in [6.07, 6.45) is -0.0988. The van der Waals surface area contributed by atoms with Crippen molar-refractivity contribution in [3.8, 4) is 11.5 Å². The average Bonchev–Trinajstić information content (AvgIpc) is 2.78. The molecule has 2 rings (SSSR count). The minimum Gasteiger partial charge on any atom is -0.504 e. The molecule has 2 aromatic rings. The number of phenolic OH excluding ortho intramolecular Hbond substituents is 2. The molecule has 118 valence electrons. The second-order valence-electron chi connectivity index (χ2n) is 4.83. The summed E-state index contributed by atoms with van der Waals surface area (Å²) < 4.78 is 10.4. The minimum absolute atomic E-state index is 0.00546. The Labute approximate surface area is 131 Å². The Morgan fingerprint density at radius 1 is 1.27 bits per heavy atom. The second-order valence-corrected chi connectivity index (χ2v) is 5.20. The molecule has 7 heteroatoms. The molecule has 0 aliphatic rings. The molecule has 0 saturated carbocycles. The van der Waals surface area contributed by atoms with E-state index in [1.807, 2.05) is 0 Å². The van der Waals surface area contributed by atoms with Crippen LogP contribution in [-0.4, -0.2) is 28.6 Å². The number of furan rings is 1. The van der Waals surface area contributed by atoms with E-state index in [1.165, 1.54) is 13.8 Å². The molecule has 1 aromatic heterocycles. The van der Waals surface area contributed by atoms with Crippen LogP contribution in [0.15, 0.2) is 4.42 Å². The van der Waals surface area contributed by atoms with E-state index >= 15 is 0 Å². The smallest absolute Gasteiger partial charge is 0.342 e. The summed E-state index contributed by atoms with van der Waals surface area (Å²) in [6, 6.07) is 0. The van der Waals surface area contributed by atoms with Gasteiger partial charge in [-0.2, -0.15) is 0 Å². The van der Waals surface area contributed by atoms with Crippen molar-refractivity contribution in [3.63, 3.8) is 0 Å². The first-order valence-electron chi connectivity index (χ1n) is 6.61. The van der Waals surface area contributed by atoms with Crippen LogP contribution in [0.4, 0.5) is 0 Å². The van der Waals surface area contributed by atoms with Gasteiger partial charge in [0.05, 0.1) is 17.0 Å². The molecule has 1 aromatic carbocycles. The molecule has 0 atom stereocenters. The van der Waals surface area contributed by atoms with Crippen LogP contribution >= 0.6 is 11.6 Å². The number of hydrogen-bond donors (Lipinski definition) is 2. The Bertz CT molecular complexity index is 774. The number of ether oxygens (including phenoxy) is 1. The number of hydrogen-bond acceptors (Lipinski definition) is 6. The number of ketones is 1. The number of aryl methyl sites for hydroxylation is 1. The van der Waals surface area contributed by atoms with Gasteiger partial charge in [0.25, 0.3) is 0 Å². The Kier molecular flexibility index (Phi) is 4.32. The number of phenols is 2. The largest absolute Gasteiger partial charge is 0.504 e. The Balaban J connectivity index is 2.86. The molecule has 0 fully saturated rings. The van der Waals surface area contributed by atoms with E-state index in [0.29, 0.717) is 0 Å². The first kappa shape index (κ1) is 16.2. The highest BCUT2D eigenvalue weighted by molar-refractivity contribution is 6.34. The number of carbonyl (C=O) groups excluding carboxylic acids is 2. The number of fused-ring (bicyclic) bond motifs is 1. The number of benzene rings is 1. The van der Waals surface area contributed by atoms with Crippen molar-refractivity contribution in [3.05, 3.63) is 21.9 Å². The lowest BCUT2D eigenvalue weighted by Crippen LogP contribution is -2.05. The molecule has 0 bridgehead atoms. The van der Waals surface area contributed by atoms with Crippen LogP contribution in [0.3, 0.4) is 0 Å². The standard InChI is InChI=1S/C15H15ClO6/c1-4-21-15(20)9-7(3)22-14-8(5-6(2)17)11(16)13(19)12(18)10(9)14/h18-19H,4-5H2,1-3H3. The maximum absolute atomic E-state index is 12.0. The number of Topliss-reactive ketones (excluding diaryl/α,β-unsaturated/α-hetero) is 1. The predicted octanol–water partition coefficient (Wildman–Crippen LogP) is 3.11. The van der Waals surface area contributed by atoms with Crippen LogP contribution in [0.25, 0.3) is 11.0 Å². The monoisotopic (exact) mass is 326 g/mol. The third-order valence-corrected chi connectivity index (χ3v) is 3.60. The summed E-state index contributed by atoms with van der Waals surface area (Å²) in [7, 11) is 0. The van der Waals surface area contributed by atoms with Crippen LogP contribution in [-0.2, 0) is 16.0 Å². The summed E-state index contributed by atoms with van der Waals surface area (Å²) in [4.78, 5) is 23.4. The van der Waals surface area contributed by atoms with Gasteiger partial charge in [0, 0.05) is 12.0 Å². The van der Waals surface area contributed by atoms with Crippen molar-refractivity contribution in [2.75, 3.05) is 6.61 Å². The first-order chi connectivity index (χ1) is 10.3. The lowest BCUT2D eigenvalue weighted by Gasteiger charge is -2.08. The third-order valence-electron chi connectivity index (χ3n) is 3.20. The number of halogens is 1. The van der Waals surface area contributed by atoms with Crippen molar-refractivity contribution in [1.82, 2.24) is 0 Å². The Morgan fingerprint density at radius 2 is 1.91 bits per heavy atom. The molecule has 0 spiro atoms. The van der Waals surface area contributed by atoms with E-state index in [0.717, 1.165) is 0 Å². The van der Waals surface area contributed by atoms with E-state index in [-0.39, 0.29) is 51.7 Å². The third kappa shape index (κ3) is 2.50. The lowest BCUT2D eigenvalue weighted by atomic mass is 10.0. The average molecular weight is 327 g/mol. The van der Waals surface area contributed by atoms with Crippen LogP contribution < -0.4 is 0 Å². The zero-order valence-corrected chi connectivity index (χ0v) is 13.1. The normalized spacial score (nSPS) is 10.9. The van der Waals surface area contributed by atoms with E-state index in [4.69, 9.17) is 20.8 Å². The van der Waals surface area contributed by atoms with Gasteiger partial charge in [-0.1, -0.05) is 11.6 Å². The van der Waals surface area contributed by atoms with Crippen molar-refractivity contribution < 1.29 is 29.0 Å². The van der Waals surface area contributed by atoms with Gasteiger partial charge in [-0.05, 0) is 20.8 Å². The van der Waals surface area contributed by atoms with Crippen LogP contribution in [0.2, 0.25) is 5.02 Å². The molecule has 0 saturated heterocycles. The molecular formula is C15H15ClO6. The maximum atomic E-state index is 12.0. The van der Waals surface area contributed by atoms with Crippen LogP contribution in [0, 0.1) is 6.92 Å². The highest BCUT2D eigenvalue weighted by atomic mass is 35.5. The molecule has 0 amide bonds. The lowest BCUT2D eigenvalue weighted by molar-refractivity contribution is -0.116. The second kappa shape index (κ2) is 5.88. The molecule has 22 heavy (non-hydrogen) atoms. The highest BCUT2D eigenvalue weighted by Crippen LogP contribution is 2.46. The fourth-order valence-electron chi connectivity index (χ4n) is 2.30. The highest BCUT2D eigenvalue weighted by Gasteiger charge is 2.29. The van der Waals surface area contributed by atoms with Gasteiger partial charge in [-0.25, -0.2) is 4.79 Å². The maximum Gasteiger partial charge on any atom is 0.342 e. The molecule has 0 unspecified atom stereocenters. The van der Waals surface area contributed by atoms with Gasteiger partial charge in [-0.15, -0.1) is 0 Å². The number of carbonyl (C=O) groups is 2. The van der Waals surface area contributed by atoms with Crippen molar-refractivity contribution in [2.24, 2.45) is 0 Å². The van der Waals surface area contributed by atoms with Crippen molar-refractivity contribution in [2.45, 2.75) is 27.2 Å². The molecule has 0 aliphatic carbocycles. The zero-order chi connectivity index (χ0) is 16.6. The van der Waals surface area contributed by atoms with Gasteiger partial charge in [0.1, 0.15) is 22.7 Å². The van der Waals surface area contributed by atoms with E-state index in [9.17, 15) is 19.8 Å².